The molecule has 1 N–H and O–H groups in total. The smallest absolute Gasteiger partial charge is 0.234 e. The first-order valence-corrected chi connectivity index (χ1v) is 12.2. The highest BCUT2D eigenvalue weighted by atomic mass is 32.2. The zero-order chi connectivity index (χ0) is 24.6. The van der Waals surface area contributed by atoms with Gasteiger partial charge in [-0.2, -0.15) is 0 Å². The van der Waals surface area contributed by atoms with Crippen LogP contribution >= 0.6 is 11.8 Å². The molecule has 0 unspecified atom stereocenters. The number of ketones is 1. The third kappa shape index (κ3) is 6.80. The maximum atomic E-state index is 12.5. The Bertz CT molecular complexity index is 1290. The first-order valence-electron chi connectivity index (χ1n) is 11.2. The van der Waals surface area contributed by atoms with Crippen LogP contribution in [0.4, 0.5) is 5.69 Å². The Labute approximate surface area is 208 Å². The van der Waals surface area contributed by atoms with Gasteiger partial charge >= 0.3 is 0 Å². The van der Waals surface area contributed by atoms with E-state index < -0.39 is 0 Å². The molecule has 0 saturated carbocycles. The lowest BCUT2D eigenvalue weighted by Gasteiger charge is -2.12. The Morgan fingerprint density at radius 3 is 2.34 bits per heavy atom. The van der Waals surface area contributed by atoms with Gasteiger partial charge in [-0.1, -0.05) is 59.8 Å². The molecule has 0 aliphatic rings. The summed E-state index contributed by atoms with van der Waals surface area (Å²) in [6, 6.07) is 24.7. The van der Waals surface area contributed by atoms with Crippen molar-refractivity contribution < 1.29 is 14.3 Å². The molecular weight excluding hydrogens is 460 g/mol. The number of benzene rings is 3. The van der Waals surface area contributed by atoms with Crippen LogP contribution in [0.15, 0.2) is 84.0 Å². The normalized spacial score (nSPS) is 10.7. The van der Waals surface area contributed by atoms with Crippen LogP contribution in [0.5, 0.6) is 5.75 Å². The molecule has 1 amide bonds. The topological polar surface area (TPSA) is 86.1 Å². The van der Waals surface area contributed by atoms with E-state index in [1.54, 1.807) is 24.3 Å². The average molecular weight is 487 g/mol. The fourth-order valence-corrected chi connectivity index (χ4v) is 4.11. The zero-order valence-electron chi connectivity index (χ0n) is 19.6. The number of hydrogen-bond acceptors (Lipinski definition) is 6. The SMILES string of the molecule is CC(=O)c1ccc(NC(=O)CSc2nnc(COc3ccc(C)cc3)n2Cc2ccccc2)cc1. The molecule has 0 spiro atoms. The molecule has 0 atom stereocenters. The van der Waals surface area contributed by atoms with Crippen LogP contribution in [0.3, 0.4) is 0 Å². The van der Waals surface area contributed by atoms with Gasteiger partial charge in [-0.25, -0.2) is 0 Å². The van der Waals surface area contributed by atoms with Crippen LogP contribution in [0, 0.1) is 6.92 Å². The summed E-state index contributed by atoms with van der Waals surface area (Å²) in [5, 5.41) is 12.2. The Balaban J connectivity index is 1.44. The van der Waals surface area contributed by atoms with Crippen LogP contribution < -0.4 is 10.1 Å². The number of rotatable bonds is 10. The second-order valence-corrected chi connectivity index (χ2v) is 8.99. The number of anilines is 1. The van der Waals surface area contributed by atoms with Crippen molar-refractivity contribution in [1.29, 1.82) is 0 Å². The highest BCUT2D eigenvalue weighted by Gasteiger charge is 2.16. The highest BCUT2D eigenvalue weighted by molar-refractivity contribution is 7.99. The van der Waals surface area contributed by atoms with E-state index in [9.17, 15) is 9.59 Å². The summed E-state index contributed by atoms with van der Waals surface area (Å²) in [5.41, 5.74) is 3.50. The third-order valence-electron chi connectivity index (χ3n) is 5.27. The Morgan fingerprint density at radius 1 is 0.943 bits per heavy atom. The molecule has 178 valence electrons. The van der Waals surface area contributed by atoms with Gasteiger partial charge in [0.1, 0.15) is 12.4 Å². The van der Waals surface area contributed by atoms with Gasteiger partial charge < -0.3 is 10.1 Å². The lowest BCUT2D eigenvalue weighted by Crippen LogP contribution is -2.15. The monoisotopic (exact) mass is 486 g/mol. The van der Waals surface area contributed by atoms with Crippen LogP contribution in [0.25, 0.3) is 0 Å². The first-order chi connectivity index (χ1) is 17.0. The summed E-state index contributed by atoms with van der Waals surface area (Å²) in [6.45, 7) is 4.37. The summed E-state index contributed by atoms with van der Waals surface area (Å²) in [5.74, 6) is 1.42. The first kappa shape index (κ1) is 24.2. The van der Waals surface area contributed by atoms with Gasteiger partial charge in [0, 0.05) is 11.3 Å². The maximum absolute atomic E-state index is 12.5. The maximum Gasteiger partial charge on any atom is 0.234 e. The van der Waals surface area contributed by atoms with Gasteiger partial charge in [-0.15, -0.1) is 10.2 Å². The van der Waals surface area contributed by atoms with Crippen molar-refractivity contribution >= 4 is 29.1 Å². The van der Waals surface area contributed by atoms with Gasteiger partial charge in [0.05, 0.1) is 12.3 Å². The van der Waals surface area contributed by atoms with Gasteiger partial charge in [0.2, 0.25) is 5.91 Å². The van der Waals surface area contributed by atoms with Gasteiger partial charge in [-0.3, -0.25) is 14.2 Å². The molecule has 0 fully saturated rings. The Morgan fingerprint density at radius 2 is 1.66 bits per heavy atom. The van der Waals surface area contributed by atoms with Gasteiger partial charge in [-0.05, 0) is 55.8 Å². The van der Waals surface area contributed by atoms with Gasteiger partial charge in [0.15, 0.2) is 16.8 Å². The number of Topliss-reactive ketones (excluding diaryl/α,β-unsaturated/α-hetero) is 1. The Kier molecular flexibility index (Phi) is 7.95. The number of carbonyl (C=O) groups is 2. The van der Waals surface area contributed by atoms with Crippen molar-refractivity contribution in [3.05, 3.63) is 101 Å². The van der Waals surface area contributed by atoms with Crippen molar-refractivity contribution in [3.63, 3.8) is 0 Å². The predicted octanol–water partition coefficient (Wildman–Crippen LogP) is 5.15. The molecule has 8 heteroatoms. The molecule has 1 aromatic heterocycles. The summed E-state index contributed by atoms with van der Waals surface area (Å²) in [7, 11) is 0. The number of aryl methyl sites for hydroxylation is 1. The number of nitrogens with one attached hydrogen (secondary N) is 1. The van der Waals surface area contributed by atoms with Crippen LogP contribution in [0.2, 0.25) is 0 Å². The standard InChI is InChI=1S/C27H26N4O3S/c1-19-8-14-24(15-9-19)34-17-25-29-30-27(31(25)16-21-6-4-3-5-7-21)35-18-26(33)28-23-12-10-22(11-13-23)20(2)32/h3-15H,16-18H2,1-2H3,(H,28,33). The number of thioether (sulfide) groups is 1. The summed E-state index contributed by atoms with van der Waals surface area (Å²) < 4.78 is 7.91. The second kappa shape index (κ2) is 11.5. The molecule has 4 aromatic rings. The number of carbonyl (C=O) groups excluding carboxylic acids is 2. The number of nitrogens with zero attached hydrogens (tertiary/aromatic N) is 3. The number of aromatic nitrogens is 3. The molecule has 4 rings (SSSR count). The summed E-state index contributed by atoms with van der Waals surface area (Å²) in [4.78, 5) is 24.0. The fraction of sp³-hybridized carbons (Fsp3) is 0.185. The molecule has 7 nitrogen and oxygen atoms in total. The molecule has 3 aromatic carbocycles. The number of hydrogen-bond donors (Lipinski definition) is 1. The van der Waals surface area contributed by atoms with Crippen molar-refractivity contribution in [2.75, 3.05) is 11.1 Å². The van der Waals surface area contributed by atoms with Crippen LogP contribution in [-0.2, 0) is 17.9 Å². The van der Waals surface area contributed by atoms with Crippen molar-refractivity contribution in [1.82, 2.24) is 14.8 Å². The number of amides is 1. The molecular formula is C27H26N4O3S. The molecule has 0 saturated heterocycles. The van der Waals surface area contributed by atoms with E-state index in [4.69, 9.17) is 4.74 Å². The summed E-state index contributed by atoms with van der Waals surface area (Å²) in [6.07, 6.45) is 0. The average Bonchev–Trinajstić information content (AvgIpc) is 3.24. The quantitative estimate of drug-likeness (QED) is 0.247. The van der Waals surface area contributed by atoms with E-state index in [1.807, 2.05) is 66.1 Å². The van der Waals surface area contributed by atoms with E-state index >= 15 is 0 Å². The van der Waals surface area contributed by atoms with Crippen LogP contribution in [-0.4, -0.2) is 32.2 Å². The zero-order valence-corrected chi connectivity index (χ0v) is 20.4. The van der Waals surface area contributed by atoms with E-state index in [0.717, 1.165) is 16.9 Å². The fourth-order valence-electron chi connectivity index (χ4n) is 3.36. The van der Waals surface area contributed by atoms with Crippen molar-refractivity contribution in [2.24, 2.45) is 0 Å². The lowest BCUT2D eigenvalue weighted by molar-refractivity contribution is -0.113. The molecule has 0 aliphatic heterocycles. The van der Waals surface area contributed by atoms with Crippen molar-refractivity contribution in [2.45, 2.75) is 32.2 Å². The molecule has 0 radical (unpaired) electrons. The lowest BCUT2D eigenvalue weighted by atomic mass is 10.1. The molecule has 35 heavy (non-hydrogen) atoms. The minimum atomic E-state index is -0.169. The second-order valence-electron chi connectivity index (χ2n) is 8.04. The Hall–Kier alpha value is -3.91. The highest BCUT2D eigenvalue weighted by Crippen LogP contribution is 2.21. The molecule has 1 heterocycles. The van der Waals surface area contributed by atoms with E-state index in [0.29, 0.717) is 28.8 Å². The summed E-state index contributed by atoms with van der Waals surface area (Å²) >= 11 is 1.31. The van der Waals surface area contributed by atoms with E-state index in [2.05, 4.69) is 15.5 Å². The minimum Gasteiger partial charge on any atom is -0.486 e. The van der Waals surface area contributed by atoms with E-state index in [1.165, 1.54) is 18.7 Å². The van der Waals surface area contributed by atoms with Crippen LogP contribution in [0.1, 0.15) is 34.2 Å². The van der Waals surface area contributed by atoms with E-state index in [-0.39, 0.29) is 24.1 Å². The predicted molar refractivity (Wildman–Crippen MR) is 137 cm³/mol. The number of ether oxygens (including phenoxy) is 1. The van der Waals surface area contributed by atoms with Gasteiger partial charge in [0.25, 0.3) is 0 Å². The van der Waals surface area contributed by atoms with Crippen molar-refractivity contribution in [3.8, 4) is 5.75 Å². The molecule has 0 aliphatic carbocycles. The molecule has 0 bridgehead atoms. The largest absolute Gasteiger partial charge is 0.486 e. The minimum absolute atomic E-state index is 0.0154. The third-order valence-corrected chi connectivity index (χ3v) is 6.24.